The van der Waals surface area contributed by atoms with Crippen molar-refractivity contribution in [2.75, 3.05) is 13.7 Å². The molecule has 0 aromatic heterocycles. The molecule has 0 fully saturated rings. The van der Waals surface area contributed by atoms with E-state index < -0.39 is 5.92 Å². The van der Waals surface area contributed by atoms with Crippen molar-refractivity contribution in [3.63, 3.8) is 0 Å². The summed E-state index contributed by atoms with van der Waals surface area (Å²) in [5.74, 6) is 2.04. The van der Waals surface area contributed by atoms with Crippen LogP contribution < -0.4 is 9.47 Å². The molecule has 0 saturated heterocycles. The maximum absolute atomic E-state index is 12.9. The van der Waals surface area contributed by atoms with Crippen molar-refractivity contribution in [2.45, 2.75) is 57.8 Å². The van der Waals surface area contributed by atoms with E-state index >= 15 is 0 Å². The zero-order valence-electron chi connectivity index (χ0n) is 16.8. The van der Waals surface area contributed by atoms with E-state index in [2.05, 4.69) is 0 Å². The maximum Gasteiger partial charge on any atom is 0.179 e. The molecule has 0 unspecified atom stereocenters. The van der Waals surface area contributed by atoms with Crippen molar-refractivity contribution >= 4 is 23.2 Å². The lowest BCUT2D eigenvalue weighted by Crippen LogP contribution is -2.30. The molecule has 1 aromatic carbocycles. The Morgan fingerprint density at radius 1 is 1.03 bits per heavy atom. The molecule has 0 saturated carbocycles. The summed E-state index contributed by atoms with van der Waals surface area (Å²) in [4.78, 5) is 25.8. The van der Waals surface area contributed by atoms with Crippen LogP contribution in [-0.2, 0) is 14.3 Å². The number of benzene rings is 1. The average molecular weight is 417 g/mol. The van der Waals surface area contributed by atoms with E-state index in [4.69, 9.17) is 25.8 Å². The van der Waals surface area contributed by atoms with Crippen LogP contribution in [0.3, 0.4) is 0 Å². The number of hydrogen-bond acceptors (Lipinski definition) is 5. The molecule has 0 spiro atoms. The van der Waals surface area contributed by atoms with E-state index in [9.17, 15) is 9.59 Å². The van der Waals surface area contributed by atoms with Gasteiger partial charge in [0.1, 0.15) is 11.5 Å². The molecule has 1 heterocycles. The van der Waals surface area contributed by atoms with Crippen molar-refractivity contribution < 1.29 is 23.8 Å². The normalized spacial score (nSPS) is 19.7. The lowest BCUT2D eigenvalue weighted by molar-refractivity contribution is -0.117. The highest BCUT2D eigenvalue weighted by molar-refractivity contribution is 6.32. The van der Waals surface area contributed by atoms with Crippen LogP contribution in [0.25, 0.3) is 0 Å². The molecule has 3 aliphatic rings. The van der Waals surface area contributed by atoms with Crippen molar-refractivity contribution in [1.82, 2.24) is 0 Å². The van der Waals surface area contributed by atoms with E-state index in [1.54, 1.807) is 13.2 Å². The van der Waals surface area contributed by atoms with Gasteiger partial charge in [0.25, 0.3) is 0 Å². The zero-order chi connectivity index (χ0) is 20.5. The minimum atomic E-state index is -0.457. The minimum absolute atomic E-state index is 0.0440. The third kappa shape index (κ3) is 3.57. The molecule has 2 aliphatic carbocycles. The molecule has 0 N–H and O–H groups in total. The van der Waals surface area contributed by atoms with E-state index in [0.717, 1.165) is 24.8 Å². The second kappa shape index (κ2) is 8.23. The summed E-state index contributed by atoms with van der Waals surface area (Å²) in [6.45, 7) is 2.54. The van der Waals surface area contributed by atoms with Gasteiger partial charge < -0.3 is 14.2 Å². The van der Waals surface area contributed by atoms with Crippen LogP contribution in [0.15, 0.2) is 34.8 Å². The van der Waals surface area contributed by atoms with Crippen LogP contribution >= 0.6 is 11.6 Å². The first-order valence-electron chi connectivity index (χ1n) is 10.3. The van der Waals surface area contributed by atoms with Gasteiger partial charge in [0.2, 0.25) is 0 Å². The molecular formula is C23H25ClO5. The van der Waals surface area contributed by atoms with E-state index in [1.165, 1.54) is 0 Å². The third-order valence-corrected chi connectivity index (χ3v) is 5.96. The highest BCUT2D eigenvalue weighted by atomic mass is 35.5. The smallest absolute Gasteiger partial charge is 0.179 e. The van der Waals surface area contributed by atoms with Crippen LogP contribution in [0.1, 0.15) is 63.4 Å². The molecule has 6 heteroatoms. The Kier molecular flexibility index (Phi) is 5.68. The van der Waals surface area contributed by atoms with Gasteiger partial charge in [-0.15, -0.1) is 0 Å². The van der Waals surface area contributed by atoms with Crippen LogP contribution in [-0.4, -0.2) is 25.3 Å². The van der Waals surface area contributed by atoms with Gasteiger partial charge in [0.05, 0.1) is 18.7 Å². The Hall–Kier alpha value is -2.27. The van der Waals surface area contributed by atoms with Crippen molar-refractivity contribution in [1.29, 1.82) is 0 Å². The Bertz CT molecular complexity index is 885. The van der Waals surface area contributed by atoms with Crippen molar-refractivity contribution in [3.05, 3.63) is 45.4 Å². The second-order valence-electron chi connectivity index (χ2n) is 7.64. The second-order valence-corrected chi connectivity index (χ2v) is 8.05. The molecule has 1 aliphatic heterocycles. The predicted octanol–water partition coefficient (Wildman–Crippen LogP) is 5.27. The first-order valence-corrected chi connectivity index (χ1v) is 10.6. The van der Waals surface area contributed by atoms with Gasteiger partial charge in [0, 0.05) is 42.7 Å². The Morgan fingerprint density at radius 3 is 2.21 bits per heavy atom. The summed E-state index contributed by atoms with van der Waals surface area (Å²) in [7, 11) is 1.56. The van der Waals surface area contributed by atoms with E-state index in [-0.39, 0.29) is 11.6 Å². The molecule has 5 nitrogen and oxygen atoms in total. The molecule has 29 heavy (non-hydrogen) atoms. The predicted molar refractivity (Wildman–Crippen MR) is 109 cm³/mol. The number of rotatable bonds is 5. The zero-order valence-corrected chi connectivity index (χ0v) is 17.6. The molecule has 0 amide bonds. The summed E-state index contributed by atoms with van der Waals surface area (Å²) in [5, 5.41) is 0.412. The third-order valence-electron chi connectivity index (χ3n) is 5.68. The summed E-state index contributed by atoms with van der Waals surface area (Å²) < 4.78 is 17.4. The Balaban J connectivity index is 1.87. The number of ether oxygens (including phenoxy) is 3. The van der Waals surface area contributed by atoms with Crippen molar-refractivity contribution in [3.8, 4) is 11.5 Å². The van der Waals surface area contributed by atoms with Crippen LogP contribution in [0.2, 0.25) is 5.02 Å². The Labute approximate surface area is 175 Å². The standard InChI is InChI=1S/C23H25ClO5/c1-3-10-28-23-14(24)11-13(12-19(23)27-2)20-21-15(25)6-4-8-17(21)29-18-9-5-7-16(26)22(18)20/h11-12,20H,3-10H2,1-2H3. The van der Waals surface area contributed by atoms with Crippen LogP contribution in [0.4, 0.5) is 0 Å². The first-order chi connectivity index (χ1) is 14.0. The largest absolute Gasteiger partial charge is 0.493 e. The Morgan fingerprint density at radius 2 is 1.66 bits per heavy atom. The highest BCUT2D eigenvalue weighted by Crippen LogP contribution is 2.50. The number of ketones is 2. The fourth-order valence-electron chi connectivity index (χ4n) is 4.40. The number of carbonyl (C=O) groups excluding carboxylic acids is 2. The lowest BCUT2D eigenvalue weighted by atomic mass is 9.73. The highest BCUT2D eigenvalue weighted by Gasteiger charge is 2.42. The molecule has 4 rings (SSSR count). The van der Waals surface area contributed by atoms with Gasteiger partial charge in [-0.2, -0.15) is 0 Å². The number of halogens is 1. The van der Waals surface area contributed by atoms with Crippen LogP contribution in [0, 0.1) is 0 Å². The maximum atomic E-state index is 12.9. The summed E-state index contributed by atoms with van der Waals surface area (Å²) in [6.07, 6.45) is 4.76. The number of Topliss-reactive ketones (excluding diaryl/α,β-unsaturated/α-hetero) is 2. The molecule has 0 atom stereocenters. The molecule has 1 aromatic rings. The quantitative estimate of drug-likeness (QED) is 0.654. The van der Waals surface area contributed by atoms with E-state index in [1.807, 2.05) is 13.0 Å². The summed E-state index contributed by atoms with van der Waals surface area (Å²) in [6, 6.07) is 3.63. The number of allylic oxidation sites excluding steroid dienone is 4. The van der Waals surface area contributed by atoms with Gasteiger partial charge in [0.15, 0.2) is 23.1 Å². The van der Waals surface area contributed by atoms with Crippen molar-refractivity contribution in [2.24, 2.45) is 0 Å². The number of hydrogen-bond donors (Lipinski definition) is 0. The van der Waals surface area contributed by atoms with Gasteiger partial charge in [-0.1, -0.05) is 18.5 Å². The lowest BCUT2D eigenvalue weighted by Gasteiger charge is -2.36. The summed E-state index contributed by atoms with van der Waals surface area (Å²) in [5.41, 5.74) is 1.97. The van der Waals surface area contributed by atoms with Crippen LogP contribution in [0.5, 0.6) is 11.5 Å². The molecular weight excluding hydrogens is 392 g/mol. The fraction of sp³-hybridized carbons (Fsp3) is 0.478. The molecule has 154 valence electrons. The minimum Gasteiger partial charge on any atom is -0.493 e. The molecule has 0 bridgehead atoms. The number of carbonyl (C=O) groups is 2. The monoisotopic (exact) mass is 416 g/mol. The van der Waals surface area contributed by atoms with Gasteiger partial charge in [-0.25, -0.2) is 0 Å². The topological polar surface area (TPSA) is 61.8 Å². The van der Waals surface area contributed by atoms with Gasteiger partial charge in [-0.3, -0.25) is 9.59 Å². The fourth-order valence-corrected chi connectivity index (χ4v) is 4.68. The number of methoxy groups -OCH3 is 1. The van der Waals surface area contributed by atoms with Gasteiger partial charge >= 0.3 is 0 Å². The first kappa shape index (κ1) is 20.0. The summed E-state index contributed by atoms with van der Waals surface area (Å²) >= 11 is 6.55. The van der Waals surface area contributed by atoms with Gasteiger partial charge in [-0.05, 0) is 37.0 Å². The SMILES string of the molecule is CCCOc1c(Cl)cc(C2C3=C(CCCC3=O)OC3=C2C(=O)CCC3)cc1OC. The average Bonchev–Trinajstić information content (AvgIpc) is 2.71. The van der Waals surface area contributed by atoms with E-state index in [0.29, 0.717) is 71.5 Å². The molecule has 0 radical (unpaired) electrons.